The second-order valence-electron chi connectivity index (χ2n) is 9.58. The van der Waals surface area contributed by atoms with E-state index in [2.05, 4.69) is 43.1 Å². The number of nitrogens with zero attached hydrogens (tertiary/aromatic N) is 4. The number of hydrogen-bond acceptors (Lipinski definition) is 8. The summed E-state index contributed by atoms with van der Waals surface area (Å²) in [6.07, 6.45) is 7.30. The first-order chi connectivity index (χ1) is 18.0. The van der Waals surface area contributed by atoms with Gasteiger partial charge in [-0.1, -0.05) is 0 Å². The van der Waals surface area contributed by atoms with Gasteiger partial charge in [0.25, 0.3) is 5.91 Å². The quantitative estimate of drug-likeness (QED) is 0.371. The number of piperidine rings is 1. The number of amides is 1. The smallest absolute Gasteiger partial charge is 0.251 e. The summed E-state index contributed by atoms with van der Waals surface area (Å²) < 4.78 is 14.0. The molecule has 2 bridgehead atoms. The molecule has 6 rings (SSSR count). The van der Waals surface area contributed by atoms with E-state index in [9.17, 15) is 4.79 Å². The van der Waals surface area contributed by atoms with Crippen molar-refractivity contribution in [1.82, 2.24) is 30.2 Å². The lowest BCUT2D eigenvalue weighted by atomic mass is 9.94. The van der Waals surface area contributed by atoms with Crippen molar-refractivity contribution in [3.8, 4) is 16.9 Å². The number of rotatable bonds is 6. The molecule has 0 aromatic carbocycles. The zero-order chi connectivity index (χ0) is 25.4. The lowest BCUT2D eigenvalue weighted by Gasteiger charge is -2.40. The topological polar surface area (TPSA) is 115 Å². The molecular formula is C27H29N7O3. The van der Waals surface area contributed by atoms with Gasteiger partial charge in [-0.05, 0) is 42.8 Å². The van der Waals surface area contributed by atoms with Crippen LogP contribution < -0.4 is 20.7 Å². The van der Waals surface area contributed by atoms with Gasteiger partial charge in [0.1, 0.15) is 17.7 Å². The van der Waals surface area contributed by atoms with Crippen molar-refractivity contribution in [2.45, 2.75) is 38.0 Å². The van der Waals surface area contributed by atoms with Gasteiger partial charge in [-0.2, -0.15) is 5.10 Å². The number of fused-ring (bicyclic) bond motifs is 3. The molecule has 4 aromatic rings. The monoisotopic (exact) mass is 499 g/mol. The molecule has 3 N–H and O–H groups in total. The molecule has 10 nitrogen and oxygen atoms in total. The van der Waals surface area contributed by atoms with Gasteiger partial charge < -0.3 is 25.4 Å². The van der Waals surface area contributed by atoms with Crippen LogP contribution in [-0.4, -0.2) is 63.9 Å². The van der Waals surface area contributed by atoms with Crippen molar-refractivity contribution in [2.75, 3.05) is 25.6 Å². The lowest BCUT2D eigenvalue weighted by Crippen LogP contribution is -2.56. The van der Waals surface area contributed by atoms with E-state index in [1.165, 1.54) is 0 Å². The molecule has 4 aromatic heterocycles. The number of ether oxygens (including phenoxy) is 2. The van der Waals surface area contributed by atoms with E-state index in [-0.39, 0.29) is 12.0 Å². The minimum absolute atomic E-state index is 0.121. The summed E-state index contributed by atoms with van der Waals surface area (Å²) in [5, 5.41) is 14.0. The Bertz CT molecular complexity index is 1440. The molecule has 6 heterocycles. The van der Waals surface area contributed by atoms with Gasteiger partial charge in [-0.3, -0.25) is 9.78 Å². The van der Waals surface area contributed by atoms with E-state index >= 15 is 0 Å². The van der Waals surface area contributed by atoms with Crippen LogP contribution >= 0.6 is 0 Å². The first-order valence-corrected chi connectivity index (χ1v) is 12.5. The maximum absolute atomic E-state index is 11.9. The van der Waals surface area contributed by atoms with Gasteiger partial charge in [0.05, 0.1) is 24.9 Å². The first kappa shape index (κ1) is 23.4. The molecule has 2 atom stereocenters. The molecular weight excluding hydrogens is 470 g/mol. The molecule has 2 saturated heterocycles. The van der Waals surface area contributed by atoms with Gasteiger partial charge in [-0.25, -0.2) is 9.50 Å². The average molecular weight is 500 g/mol. The molecule has 10 heteroatoms. The SMILES string of the molecule is CNC(=O)c1ccnc(Nc2cc3cc(-c4cc(C)ncc4OC4CC5COCC(C4)N5)ccn3n2)c1. The zero-order valence-electron chi connectivity index (χ0n) is 20.8. The molecule has 0 radical (unpaired) electrons. The summed E-state index contributed by atoms with van der Waals surface area (Å²) in [6, 6.07) is 12.1. The number of aromatic nitrogens is 4. The zero-order valence-corrected chi connectivity index (χ0v) is 20.8. The molecule has 37 heavy (non-hydrogen) atoms. The normalized spacial score (nSPS) is 21.0. The van der Waals surface area contributed by atoms with Crippen LogP contribution in [0.3, 0.4) is 0 Å². The highest BCUT2D eigenvalue weighted by molar-refractivity contribution is 5.94. The molecule has 2 unspecified atom stereocenters. The van der Waals surface area contributed by atoms with Crippen molar-refractivity contribution >= 4 is 23.1 Å². The standard InChI is InChI=1S/C27H29N7O3/c1-16-7-23(24(13-30-16)37-22-10-19-14-36-15-20(11-22)31-19)17-4-6-34-21(8-17)12-26(33-34)32-25-9-18(3-5-29-25)27(35)28-2/h3-9,12-13,19-20,22,31H,10-11,14-15H2,1-2H3,(H,28,35)(H,29,32,33). The van der Waals surface area contributed by atoms with E-state index in [0.717, 1.165) is 54.1 Å². The molecule has 0 spiro atoms. The number of morpholine rings is 1. The van der Waals surface area contributed by atoms with E-state index in [0.29, 0.717) is 29.3 Å². The number of carbonyl (C=O) groups excluding carboxylic acids is 1. The van der Waals surface area contributed by atoms with E-state index < -0.39 is 0 Å². The maximum Gasteiger partial charge on any atom is 0.251 e. The van der Waals surface area contributed by atoms with Crippen molar-refractivity contribution in [1.29, 1.82) is 0 Å². The molecule has 1 amide bonds. The number of carbonyl (C=O) groups is 1. The van der Waals surface area contributed by atoms with Gasteiger partial charge in [-0.15, -0.1) is 0 Å². The van der Waals surface area contributed by atoms with Crippen molar-refractivity contribution in [2.24, 2.45) is 0 Å². The van der Waals surface area contributed by atoms with Crippen molar-refractivity contribution in [3.63, 3.8) is 0 Å². The van der Waals surface area contributed by atoms with Crippen LogP contribution in [0.5, 0.6) is 5.75 Å². The summed E-state index contributed by atoms with van der Waals surface area (Å²) in [5.41, 5.74) is 4.39. The number of aryl methyl sites for hydroxylation is 1. The molecule has 0 aliphatic carbocycles. The predicted molar refractivity (Wildman–Crippen MR) is 139 cm³/mol. The summed E-state index contributed by atoms with van der Waals surface area (Å²) in [4.78, 5) is 20.8. The molecule has 0 saturated carbocycles. The van der Waals surface area contributed by atoms with Crippen molar-refractivity contribution < 1.29 is 14.3 Å². The molecule has 2 fully saturated rings. The first-order valence-electron chi connectivity index (χ1n) is 12.5. The van der Waals surface area contributed by atoms with Gasteiger partial charge in [0.15, 0.2) is 5.82 Å². The third-order valence-electron chi connectivity index (χ3n) is 6.78. The van der Waals surface area contributed by atoms with Crippen LogP contribution in [0.15, 0.2) is 55.0 Å². The van der Waals surface area contributed by atoms with Gasteiger partial charge in [0, 0.05) is 67.3 Å². The summed E-state index contributed by atoms with van der Waals surface area (Å²) in [7, 11) is 1.60. The van der Waals surface area contributed by atoms with Gasteiger partial charge in [0.2, 0.25) is 0 Å². The fourth-order valence-electron chi connectivity index (χ4n) is 5.07. The van der Waals surface area contributed by atoms with Gasteiger partial charge >= 0.3 is 0 Å². The maximum atomic E-state index is 11.9. The van der Waals surface area contributed by atoms with Crippen LogP contribution in [0.1, 0.15) is 28.9 Å². The minimum atomic E-state index is -0.170. The highest BCUT2D eigenvalue weighted by atomic mass is 16.5. The number of anilines is 2. The Labute approximate surface area is 214 Å². The Balaban J connectivity index is 1.26. The molecule has 2 aliphatic rings. The Hall–Kier alpha value is -4.02. The van der Waals surface area contributed by atoms with Crippen LogP contribution in [0.25, 0.3) is 16.6 Å². The third-order valence-corrected chi connectivity index (χ3v) is 6.78. The highest BCUT2D eigenvalue weighted by Crippen LogP contribution is 2.34. The number of hydrogen-bond donors (Lipinski definition) is 3. The fourth-order valence-corrected chi connectivity index (χ4v) is 5.07. The van der Waals surface area contributed by atoms with Crippen LogP contribution in [0, 0.1) is 6.92 Å². The third kappa shape index (κ3) is 4.98. The van der Waals surface area contributed by atoms with E-state index in [1.54, 1.807) is 29.9 Å². The van der Waals surface area contributed by atoms with E-state index in [1.807, 2.05) is 31.5 Å². The largest absolute Gasteiger partial charge is 0.488 e. The minimum Gasteiger partial charge on any atom is -0.488 e. The Kier molecular flexibility index (Phi) is 6.19. The second kappa shape index (κ2) is 9.79. The molecule has 2 aliphatic heterocycles. The number of nitrogens with one attached hydrogen (secondary N) is 3. The van der Waals surface area contributed by atoms with Crippen LogP contribution in [-0.2, 0) is 4.74 Å². The Morgan fingerprint density at radius 2 is 1.95 bits per heavy atom. The van der Waals surface area contributed by atoms with Crippen LogP contribution in [0.4, 0.5) is 11.6 Å². The summed E-state index contributed by atoms with van der Waals surface area (Å²) in [5.74, 6) is 1.79. The Morgan fingerprint density at radius 3 is 2.76 bits per heavy atom. The van der Waals surface area contributed by atoms with E-state index in [4.69, 9.17) is 9.47 Å². The van der Waals surface area contributed by atoms with Crippen molar-refractivity contribution in [3.05, 3.63) is 66.2 Å². The highest BCUT2D eigenvalue weighted by Gasteiger charge is 2.33. The van der Waals surface area contributed by atoms with Crippen LogP contribution in [0.2, 0.25) is 0 Å². The Morgan fingerprint density at radius 1 is 1.11 bits per heavy atom. The summed E-state index contributed by atoms with van der Waals surface area (Å²) >= 11 is 0. The average Bonchev–Trinajstić information content (AvgIpc) is 3.30. The summed E-state index contributed by atoms with van der Waals surface area (Å²) in [6.45, 7) is 3.45. The second-order valence-corrected chi connectivity index (χ2v) is 9.58. The lowest BCUT2D eigenvalue weighted by molar-refractivity contribution is -0.0122. The predicted octanol–water partition coefficient (Wildman–Crippen LogP) is 3.10. The number of pyridine rings is 3. The molecule has 190 valence electrons. The fraction of sp³-hybridized carbons (Fsp3) is 0.333.